The lowest BCUT2D eigenvalue weighted by Gasteiger charge is -2.09. The molecule has 1 aromatic rings. The largest absolute Gasteiger partial charge is 0.463 e. The second-order valence-electron chi connectivity index (χ2n) is 6.55. The lowest BCUT2D eigenvalue weighted by atomic mass is 10.1. The molecule has 0 spiro atoms. The molecule has 1 rings (SSSR count). The molecular formula is C21H26Cl4O4. The number of hydrogen-bond donors (Lipinski definition) is 0. The van der Waals surface area contributed by atoms with Gasteiger partial charge in [-0.25, -0.2) is 9.59 Å². The summed E-state index contributed by atoms with van der Waals surface area (Å²) in [4.78, 5) is 23.5. The van der Waals surface area contributed by atoms with Gasteiger partial charge in [0.1, 0.15) is 5.02 Å². The van der Waals surface area contributed by atoms with Gasteiger partial charge < -0.3 is 9.47 Å². The lowest BCUT2D eigenvalue weighted by Crippen LogP contribution is -2.08. The molecule has 0 bridgehead atoms. The van der Waals surface area contributed by atoms with Crippen molar-refractivity contribution in [2.75, 3.05) is 6.61 Å². The zero-order chi connectivity index (χ0) is 21.6. The summed E-state index contributed by atoms with van der Waals surface area (Å²) in [5.41, 5.74) is 0. The summed E-state index contributed by atoms with van der Waals surface area (Å²) in [6.07, 6.45) is 12.5. The maximum absolute atomic E-state index is 11.8. The first-order valence-corrected chi connectivity index (χ1v) is 11.3. The highest BCUT2D eigenvalue weighted by Gasteiger charge is 2.17. The monoisotopic (exact) mass is 482 g/mol. The molecule has 162 valence electrons. The molecule has 0 aliphatic heterocycles. The van der Waals surface area contributed by atoms with Crippen LogP contribution in [0.15, 0.2) is 18.2 Å². The van der Waals surface area contributed by atoms with Crippen molar-refractivity contribution in [3.8, 4) is 5.75 Å². The SMILES string of the molecule is CCCCCCCCCCCOC(=O)/C=C/C(=O)Oc1c(Cl)cc(Cl)c(Cl)c1Cl. The number of carbonyl (C=O) groups is 2. The average molecular weight is 484 g/mol. The number of ether oxygens (including phenoxy) is 2. The second kappa shape index (κ2) is 15.0. The molecule has 0 saturated carbocycles. The minimum atomic E-state index is -0.841. The van der Waals surface area contributed by atoms with Crippen LogP contribution in [0.3, 0.4) is 0 Å². The predicted octanol–water partition coefficient (Wildman–Crippen LogP) is 7.84. The van der Waals surface area contributed by atoms with Crippen molar-refractivity contribution >= 4 is 58.3 Å². The minimum Gasteiger partial charge on any atom is -0.463 e. The lowest BCUT2D eigenvalue weighted by molar-refractivity contribution is -0.138. The Morgan fingerprint density at radius 1 is 0.793 bits per heavy atom. The van der Waals surface area contributed by atoms with Gasteiger partial charge in [0.15, 0.2) is 5.75 Å². The summed E-state index contributed by atoms with van der Waals surface area (Å²) in [5.74, 6) is -1.58. The molecule has 0 atom stereocenters. The van der Waals surface area contributed by atoms with E-state index in [2.05, 4.69) is 6.92 Å². The number of halogens is 4. The molecule has 0 N–H and O–H groups in total. The van der Waals surface area contributed by atoms with E-state index in [1.165, 1.54) is 44.6 Å². The van der Waals surface area contributed by atoms with Crippen molar-refractivity contribution in [3.63, 3.8) is 0 Å². The predicted molar refractivity (Wildman–Crippen MR) is 119 cm³/mol. The van der Waals surface area contributed by atoms with Gasteiger partial charge in [-0.15, -0.1) is 0 Å². The zero-order valence-electron chi connectivity index (χ0n) is 16.4. The molecule has 0 fully saturated rings. The van der Waals surface area contributed by atoms with Crippen molar-refractivity contribution in [1.82, 2.24) is 0 Å². The summed E-state index contributed by atoms with van der Waals surface area (Å²) < 4.78 is 10.1. The van der Waals surface area contributed by atoms with Gasteiger partial charge in [0, 0.05) is 12.2 Å². The fourth-order valence-corrected chi connectivity index (χ4v) is 3.53. The zero-order valence-corrected chi connectivity index (χ0v) is 19.5. The summed E-state index contributed by atoms with van der Waals surface area (Å²) in [6.45, 7) is 2.53. The molecule has 0 unspecified atom stereocenters. The van der Waals surface area contributed by atoms with Crippen LogP contribution < -0.4 is 4.74 Å². The van der Waals surface area contributed by atoms with Gasteiger partial charge in [-0.2, -0.15) is 0 Å². The summed E-state index contributed by atoms with van der Waals surface area (Å²) >= 11 is 23.6. The molecule has 0 aromatic heterocycles. The molecule has 4 nitrogen and oxygen atoms in total. The van der Waals surface area contributed by atoms with Crippen molar-refractivity contribution < 1.29 is 19.1 Å². The van der Waals surface area contributed by atoms with Crippen LogP contribution in [0.4, 0.5) is 0 Å². The minimum absolute atomic E-state index is 0.0184. The highest BCUT2D eigenvalue weighted by atomic mass is 35.5. The molecular weight excluding hydrogens is 458 g/mol. The Bertz CT molecular complexity index is 704. The van der Waals surface area contributed by atoms with Crippen molar-refractivity contribution in [1.29, 1.82) is 0 Å². The Kier molecular flexibility index (Phi) is 13.5. The van der Waals surface area contributed by atoms with E-state index in [-0.39, 0.29) is 25.8 Å². The number of unbranched alkanes of at least 4 members (excludes halogenated alkanes) is 8. The Morgan fingerprint density at radius 3 is 1.97 bits per heavy atom. The van der Waals surface area contributed by atoms with Crippen LogP contribution in [0.1, 0.15) is 64.7 Å². The van der Waals surface area contributed by atoms with Crippen LogP contribution in [-0.2, 0) is 14.3 Å². The summed E-state index contributed by atoms with van der Waals surface area (Å²) in [7, 11) is 0. The number of rotatable bonds is 13. The third-order valence-electron chi connectivity index (χ3n) is 4.12. The van der Waals surface area contributed by atoms with E-state index in [0.29, 0.717) is 6.61 Å². The number of esters is 2. The third kappa shape index (κ3) is 10.6. The Morgan fingerprint density at radius 2 is 1.34 bits per heavy atom. The maximum Gasteiger partial charge on any atom is 0.336 e. The molecule has 0 aliphatic carbocycles. The topological polar surface area (TPSA) is 52.6 Å². The second-order valence-corrected chi connectivity index (χ2v) is 8.12. The standard InChI is InChI=1S/C21H26Cl4O4/c1-2-3-4-5-6-7-8-9-10-13-28-17(26)11-12-18(27)29-21-16(23)14-15(22)19(24)20(21)25/h11-12,14H,2-10,13H2,1H3/b12-11+. The van der Waals surface area contributed by atoms with E-state index in [1.807, 2.05) is 0 Å². The third-order valence-corrected chi connectivity index (χ3v) is 5.65. The Hall–Kier alpha value is -0.940. The first kappa shape index (κ1) is 26.1. The Labute approximate surface area is 192 Å². The van der Waals surface area contributed by atoms with Crippen LogP contribution in [0, 0.1) is 0 Å². The first-order chi connectivity index (χ1) is 13.9. The molecule has 0 saturated heterocycles. The van der Waals surface area contributed by atoms with E-state index < -0.39 is 11.9 Å². The highest BCUT2D eigenvalue weighted by molar-refractivity contribution is 6.50. The highest BCUT2D eigenvalue weighted by Crippen LogP contribution is 2.42. The summed E-state index contributed by atoms with van der Waals surface area (Å²) in [6, 6.07) is 1.31. The molecule has 0 amide bonds. The average Bonchev–Trinajstić information content (AvgIpc) is 2.69. The molecule has 0 aliphatic rings. The van der Waals surface area contributed by atoms with Gasteiger partial charge in [0.2, 0.25) is 0 Å². The normalized spacial score (nSPS) is 11.1. The number of carbonyl (C=O) groups excluding carboxylic acids is 2. The summed E-state index contributed by atoms with van der Waals surface area (Å²) in [5, 5.41) is 0.0971. The van der Waals surface area contributed by atoms with Crippen molar-refractivity contribution in [2.45, 2.75) is 64.7 Å². The van der Waals surface area contributed by atoms with Gasteiger partial charge in [-0.1, -0.05) is 105 Å². The van der Waals surface area contributed by atoms with Gasteiger partial charge >= 0.3 is 11.9 Å². The fourth-order valence-electron chi connectivity index (χ4n) is 2.55. The Balaban J connectivity index is 2.25. The molecule has 8 heteroatoms. The van der Waals surface area contributed by atoms with E-state index in [9.17, 15) is 9.59 Å². The van der Waals surface area contributed by atoms with E-state index in [4.69, 9.17) is 55.9 Å². The van der Waals surface area contributed by atoms with E-state index >= 15 is 0 Å². The van der Waals surface area contributed by atoms with Crippen LogP contribution >= 0.6 is 46.4 Å². The van der Waals surface area contributed by atoms with Gasteiger partial charge in [0.25, 0.3) is 0 Å². The van der Waals surface area contributed by atoms with E-state index in [1.54, 1.807) is 0 Å². The van der Waals surface area contributed by atoms with E-state index in [0.717, 1.165) is 31.4 Å². The van der Waals surface area contributed by atoms with Crippen LogP contribution in [-0.4, -0.2) is 18.5 Å². The molecule has 0 heterocycles. The first-order valence-electron chi connectivity index (χ1n) is 9.76. The maximum atomic E-state index is 11.8. The van der Waals surface area contributed by atoms with Crippen LogP contribution in [0.2, 0.25) is 20.1 Å². The number of benzene rings is 1. The fraction of sp³-hybridized carbons (Fsp3) is 0.524. The van der Waals surface area contributed by atoms with Crippen LogP contribution in [0.5, 0.6) is 5.75 Å². The van der Waals surface area contributed by atoms with Gasteiger partial charge in [-0.3, -0.25) is 0 Å². The number of hydrogen-bond acceptors (Lipinski definition) is 4. The van der Waals surface area contributed by atoms with Gasteiger partial charge in [0.05, 0.1) is 21.7 Å². The van der Waals surface area contributed by atoms with Crippen molar-refractivity contribution in [3.05, 3.63) is 38.3 Å². The van der Waals surface area contributed by atoms with Crippen molar-refractivity contribution in [2.24, 2.45) is 0 Å². The molecule has 29 heavy (non-hydrogen) atoms. The van der Waals surface area contributed by atoms with Crippen LogP contribution in [0.25, 0.3) is 0 Å². The molecule has 1 aromatic carbocycles. The quantitative estimate of drug-likeness (QED) is 0.0715. The smallest absolute Gasteiger partial charge is 0.336 e. The molecule has 0 radical (unpaired) electrons. The van der Waals surface area contributed by atoms with Gasteiger partial charge in [-0.05, 0) is 12.5 Å².